The average Bonchev–Trinajstić information content (AvgIpc) is 2.74. The van der Waals surface area contributed by atoms with Gasteiger partial charge in [-0.15, -0.1) is 5.10 Å². The second-order valence-electron chi connectivity index (χ2n) is 8.78. The smallest absolute Gasteiger partial charge is 0.410 e. The van der Waals surface area contributed by atoms with Crippen molar-refractivity contribution in [2.45, 2.75) is 38.2 Å². The quantitative estimate of drug-likeness (QED) is 0.398. The minimum Gasteiger partial charge on any atom is -0.444 e. The first-order chi connectivity index (χ1) is 15.5. The Bertz CT molecular complexity index is 1120. The molecule has 0 aliphatic carbocycles. The fourth-order valence-electron chi connectivity index (χ4n) is 3.24. The predicted octanol–water partition coefficient (Wildman–Crippen LogP) is 3.84. The molecule has 2 aromatic carbocycles. The van der Waals surface area contributed by atoms with Gasteiger partial charge in [0.05, 0.1) is 9.92 Å². The van der Waals surface area contributed by atoms with Gasteiger partial charge in [-0.05, 0) is 52.0 Å². The zero-order valence-electron chi connectivity index (χ0n) is 19.2. The number of carbonyl (C=O) groups excluding carboxylic acids is 1. The van der Waals surface area contributed by atoms with E-state index in [0.29, 0.717) is 42.6 Å². The fraction of sp³-hybridized carbons (Fsp3) is 0.391. The highest BCUT2D eigenvalue weighted by molar-refractivity contribution is 7.89. The summed E-state index contributed by atoms with van der Waals surface area (Å²) in [7, 11) is -3.87. The van der Waals surface area contributed by atoms with Crippen molar-refractivity contribution in [1.82, 2.24) is 14.6 Å². The lowest BCUT2D eigenvalue weighted by Gasteiger charge is -2.37. The van der Waals surface area contributed by atoms with Crippen LogP contribution in [0.25, 0.3) is 0 Å². The van der Waals surface area contributed by atoms with Crippen LogP contribution in [0.1, 0.15) is 31.9 Å². The van der Waals surface area contributed by atoms with Crippen molar-refractivity contribution in [1.29, 1.82) is 0 Å². The molecule has 1 aliphatic heterocycles. The lowest BCUT2D eigenvalue weighted by atomic mass is 10.1. The second kappa shape index (κ2) is 10.0. The molecule has 1 fully saturated rings. The Morgan fingerprint density at radius 3 is 2.15 bits per heavy atom. The minimum atomic E-state index is -3.87. The molecule has 0 spiro atoms. The highest BCUT2D eigenvalue weighted by Crippen LogP contribution is 2.20. The third kappa shape index (κ3) is 6.61. The van der Waals surface area contributed by atoms with Crippen LogP contribution in [0, 0.1) is 6.92 Å². The molecule has 1 N–H and O–H groups in total. The number of amides is 1. The van der Waals surface area contributed by atoms with Gasteiger partial charge in [-0.2, -0.15) is 13.2 Å². The van der Waals surface area contributed by atoms with E-state index in [9.17, 15) is 13.2 Å². The maximum absolute atomic E-state index is 12.8. The third-order valence-corrected chi connectivity index (χ3v) is 6.50. The summed E-state index contributed by atoms with van der Waals surface area (Å²) in [6.07, 6.45) is -0.376. The summed E-state index contributed by atoms with van der Waals surface area (Å²) in [5.74, 6) is 0.389. The fourth-order valence-corrected chi connectivity index (χ4v) is 4.27. The van der Waals surface area contributed by atoms with Gasteiger partial charge < -0.3 is 14.5 Å². The highest BCUT2D eigenvalue weighted by Gasteiger charge is 2.28. The van der Waals surface area contributed by atoms with E-state index in [1.807, 2.05) is 38.7 Å². The van der Waals surface area contributed by atoms with E-state index < -0.39 is 15.6 Å². The summed E-state index contributed by atoms with van der Waals surface area (Å²) in [5.41, 5.74) is 0.973. The van der Waals surface area contributed by atoms with Gasteiger partial charge in [0.1, 0.15) is 5.60 Å². The van der Waals surface area contributed by atoms with Crippen LogP contribution in [0.3, 0.4) is 0 Å². The molecule has 0 saturated carbocycles. The van der Waals surface area contributed by atoms with E-state index in [2.05, 4.69) is 9.93 Å². The summed E-state index contributed by atoms with van der Waals surface area (Å²) >= 11 is 6.41. The summed E-state index contributed by atoms with van der Waals surface area (Å²) in [6.45, 7) is 9.04. The molecule has 1 amide bonds. The van der Waals surface area contributed by atoms with E-state index in [0.717, 1.165) is 5.56 Å². The summed E-state index contributed by atoms with van der Waals surface area (Å²) < 4.78 is 31.0. The molecule has 178 valence electrons. The molecule has 1 aliphatic rings. The van der Waals surface area contributed by atoms with Gasteiger partial charge in [0, 0.05) is 31.7 Å². The third-order valence-electron chi connectivity index (χ3n) is 4.95. The van der Waals surface area contributed by atoms with E-state index >= 15 is 0 Å². The van der Waals surface area contributed by atoms with Crippen molar-refractivity contribution in [3.8, 4) is 0 Å². The molecule has 0 radical (unpaired) electrons. The van der Waals surface area contributed by atoms with Crippen LogP contribution in [0.15, 0.2) is 58.5 Å². The number of nitrogens with zero attached hydrogens (tertiary/aromatic N) is 3. The van der Waals surface area contributed by atoms with Crippen molar-refractivity contribution in [2.75, 3.05) is 26.2 Å². The van der Waals surface area contributed by atoms with Gasteiger partial charge in [-0.3, -0.25) is 0 Å². The summed E-state index contributed by atoms with van der Waals surface area (Å²) in [4.78, 5) is 18.4. The molecule has 0 unspecified atom stereocenters. The Kier molecular flexibility index (Phi) is 7.54. The summed E-state index contributed by atoms with van der Waals surface area (Å²) in [5, 5.41) is 4.71. The first kappa shape index (κ1) is 24.9. The molecule has 33 heavy (non-hydrogen) atoms. The van der Waals surface area contributed by atoms with Crippen LogP contribution in [-0.4, -0.2) is 61.9 Å². The van der Waals surface area contributed by atoms with Crippen LogP contribution < -0.4 is 4.83 Å². The Labute approximate surface area is 200 Å². The molecule has 2 aromatic rings. The molecule has 1 saturated heterocycles. The number of hydrogen-bond acceptors (Lipinski definition) is 5. The van der Waals surface area contributed by atoms with Crippen molar-refractivity contribution in [3.05, 3.63) is 64.7 Å². The van der Waals surface area contributed by atoms with Gasteiger partial charge in [0.25, 0.3) is 10.0 Å². The number of carbonyl (C=O) groups is 1. The van der Waals surface area contributed by atoms with Crippen LogP contribution in [-0.2, 0) is 14.8 Å². The molecule has 0 atom stereocenters. The van der Waals surface area contributed by atoms with Gasteiger partial charge in [0.2, 0.25) is 0 Å². The van der Waals surface area contributed by atoms with E-state index in [4.69, 9.17) is 16.3 Å². The highest BCUT2D eigenvalue weighted by atomic mass is 35.5. The van der Waals surface area contributed by atoms with E-state index in [-0.39, 0.29) is 11.0 Å². The number of rotatable bonds is 4. The van der Waals surface area contributed by atoms with Crippen LogP contribution in [0.4, 0.5) is 4.79 Å². The average molecular weight is 493 g/mol. The largest absolute Gasteiger partial charge is 0.444 e. The lowest BCUT2D eigenvalue weighted by Crippen LogP contribution is -2.52. The maximum atomic E-state index is 12.8. The van der Waals surface area contributed by atoms with Crippen molar-refractivity contribution in [2.24, 2.45) is 5.10 Å². The number of amidine groups is 1. The molecule has 0 bridgehead atoms. The molecular weight excluding hydrogens is 464 g/mol. The Hall–Kier alpha value is -2.78. The SMILES string of the molecule is Cc1ccc(S(=O)(=O)N/N=C(\c2ccccc2Cl)N2CCN(C(=O)OC(C)(C)C)CC2)cc1. The van der Waals surface area contributed by atoms with E-state index in [1.54, 1.807) is 35.2 Å². The number of nitrogens with one attached hydrogen (secondary N) is 1. The topological polar surface area (TPSA) is 91.3 Å². The molecule has 1 heterocycles. The zero-order chi connectivity index (χ0) is 24.2. The molecule has 0 aromatic heterocycles. The van der Waals surface area contributed by atoms with E-state index in [1.165, 1.54) is 12.1 Å². The molecular formula is C23H29ClN4O4S. The molecule has 8 nitrogen and oxygen atoms in total. The van der Waals surface area contributed by atoms with Gasteiger partial charge in [-0.25, -0.2) is 4.79 Å². The predicted molar refractivity (Wildman–Crippen MR) is 129 cm³/mol. The number of piperazine rings is 1. The molecule has 3 rings (SSSR count). The number of benzene rings is 2. The zero-order valence-corrected chi connectivity index (χ0v) is 20.8. The first-order valence-corrected chi connectivity index (χ1v) is 12.5. The van der Waals surface area contributed by atoms with Crippen molar-refractivity contribution >= 4 is 33.6 Å². The first-order valence-electron chi connectivity index (χ1n) is 10.6. The van der Waals surface area contributed by atoms with Gasteiger partial charge in [-0.1, -0.05) is 41.4 Å². The maximum Gasteiger partial charge on any atom is 0.410 e. The number of ether oxygens (including phenoxy) is 1. The monoisotopic (exact) mass is 492 g/mol. The Morgan fingerprint density at radius 1 is 1.00 bits per heavy atom. The minimum absolute atomic E-state index is 0.116. The van der Waals surface area contributed by atoms with Crippen molar-refractivity contribution in [3.63, 3.8) is 0 Å². The number of hydrazone groups is 1. The van der Waals surface area contributed by atoms with Crippen LogP contribution >= 0.6 is 11.6 Å². The Balaban J connectivity index is 1.82. The number of aryl methyl sites for hydroxylation is 1. The van der Waals surface area contributed by atoms with Gasteiger partial charge >= 0.3 is 6.09 Å². The standard InChI is InChI=1S/C23H29ClN4O4S/c1-17-9-11-18(12-10-17)33(30,31)26-25-21(19-7-5-6-8-20(19)24)27-13-15-28(16-14-27)22(29)32-23(2,3)4/h5-12,26H,13-16H2,1-4H3/b25-21+. The van der Waals surface area contributed by atoms with Crippen molar-refractivity contribution < 1.29 is 17.9 Å². The van der Waals surface area contributed by atoms with Crippen LogP contribution in [0.5, 0.6) is 0 Å². The Morgan fingerprint density at radius 2 is 1.58 bits per heavy atom. The van der Waals surface area contributed by atoms with Gasteiger partial charge in [0.15, 0.2) is 5.84 Å². The lowest BCUT2D eigenvalue weighted by molar-refractivity contribution is 0.0187. The number of hydrogen-bond donors (Lipinski definition) is 1. The normalized spacial score (nSPS) is 15.4. The number of halogens is 1. The summed E-state index contributed by atoms with van der Waals surface area (Å²) in [6, 6.07) is 13.6. The van der Waals surface area contributed by atoms with Crippen LogP contribution in [0.2, 0.25) is 5.02 Å². The second-order valence-corrected chi connectivity index (χ2v) is 10.8. The molecule has 10 heteroatoms. The number of sulfonamides is 1.